The third-order valence-electron chi connectivity index (χ3n) is 3.18. The number of unbranched alkanes of at least 4 members (excludes halogenated alkanes) is 2. The lowest BCUT2D eigenvalue weighted by molar-refractivity contribution is -0.139. The number of nitrogens with zero attached hydrogens (tertiary/aromatic N) is 1. The van der Waals surface area contributed by atoms with Crippen LogP contribution in [0.3, 0.4) is 0 Å². The lowest BCUT2D eigenvalue weighted by Gasteiger charge is -2.17. The van der Waals surface area contributed by atoms with Gasteiger partial charge in [-0.25, -0.2) is 0 Å². The first-order valence-electron chi connectivity index (χ1n) is 8.42. The molecule has 158 valence electrons. The van der Waals surface area contributed by atoms with Gasteiger partial charge >= 0.3 is 6.18 Å². The zero-order chi connectivity index (χ0) is 21.2. The van der Waals surface area contributed by atoms with E-state index in [0.717, 1.165) is 11.8 Å². The summed E-state index contributed by atoms with van der Waals surface area (Å²) in [5.74, 6) is -0.803. The summed E-state index contributed by atoms with van der Waals surface area (Å²) in [6, 6.07) is 1.76. The topological polar surface area (TPSA) is 40.0 Å². The Balaban J connectivity index is 2.66. The van der Waals surface area contributed by atoms with E-state index in [-0.39, 0.29) is 17.4 Å². The van der Waals surface area contributed by atoms with E-state index in [9.17, 15) is 22.0 Å². The van der Waals surface area contributed by atoms with Crippen LogP contribution in [0, 0.1) is 0 Å². The third-order valence-corrected chi connectivity index (χ3v) is 3.46. The standard InChI is InChI=1S/C18H21ClF5NO3/c1-12(2)25-28-8-5-3-4-7-27-17-14(18(22,23)24)10-13(11-15(17)19)26-9-6-16(20)21/h6,10-11H,3-5,7-9H2,1-2H3. The first-order valence-corrected chi connectivity index (χ1v) is 8.79. The lowest BCUT2D eigenvalue weighted by atomic mass is 10.1. The second kappa shape index (κ2) is 11.7. The van der Waals surface area contributed by atoms with Crippen molar-refractivity contribution in [3.8, 4) is 11.5 Å². The van der Waals surface area contributed by atoms with Crippen molar-refractivity contribution in [3.05, 3.63) is 34.9 Å². The van der Waals surface area contributed by atoms with Crippen molar-refractivity contribution in [2.75, 3.05) is 19.8 Å². The van der Waals surface area contributed by atoms with Crippen LogP contribution in [0.2, 0.25) is 5.02 Å². The Kier molecular flexibility index (Phi) is 10.1. The normalized spacial score (nSPS) is 11.0. The fraction of sp³-hybridized carbons (Fsp3) is 0.500. The Morgan fingerprint density at radius 1 is 1.07 bits per heavy atom. The van der Waals surface area contributed by atoms with Crippen molar-refractivity contribution in [3.63, 3.8) is 0 Å². The average Bonchev–Trinajstić information content (AvgIpc) is 2.56. The maximum atomic E-state index is 13.3. The van der Waals surface area contributed by atoms with Gasteiger partial charge in [-0.1, -0.05) is 16.8 Å². The molecule has 0 fully saturated rings. The molecule has 0 amide bonds. The van der Waals surface area contributed by atoms with Gasteiger partial charge in [0, 0.05) is 12.1 Å². The van der Waals surface area contributed by atoms with Crippen molar-refractivity contribution in [1.29, 1.82) is 0 Å². The number of benzene rings is 1. The molecule has 0 unspecified atom stereocenters. The quantitative estimate of drug-likeness (QED) is 0.175. The molecule has 0 aromatic heterocycles. The van der Waals surface area contributed by atoms with Crippen LogP contribution in [0.25, 0.3) is 0 Å². The first-order chi connectivity index (χ1) is 13.1. The Hall–Kier alpha value is -2.03. The summed E-state index contributed by atoms with van der Waals surface area (Å²) >= 11 is 5.89. The molecule has 28 heavy (non-hydrogen) atoms. The molecule has 0 heterocycles. The summed E-state index contributed by atoms with van der Waals surface area (Å²) < 4.78 is 73.9. The zero-order valence-corrected chi connectivity index (χ0v) is 16.2. The average molecular weight is 430 g/mol. The summed E-state index contributed by atoms with van der Waals surface area (Å²) in [6.45, 7) is 3.43. The molecule has 0 atom stereocenters. The zero-order valence-electron chi connectivity index (χ0n) is 15.4. The summed E-state index contributed by atoms with van der Waals surface area (Å²) in [4.78, 5) is 5.02. The number of rotatable bonds is 11. The van der Waals surface area contributed by atoms with Gasteiger partial charge in [0.2, 0.25) is 0 Å². The van der Waals surface area contributed by atoms with E-state index >= 15 is 0 Å². The van der Waals surface area contributed by atoms with E-state index in [2.05, 4.69) is 5.16 Å². The van der Waals surface area contributed by atoms with E-state index in [1.54, 1.807) is 13.8 Å². The minimum Gasteiger partial charge on any atom is -0.491 e. The number of ether oxygens (including phenoxy) is 2. The highest BCUT2D eigenvalue weighted by Gasteiger charge is 2.36. The van der Waals surface area contributed by atoms with E-state index in [1.165, 1.54) is 0 Å². The van der Waals surface area contributed by atoms with E-state index in [0.29, 0.717) is 38.0 Å². The van der Waals surface area contributed by atoms with E-state index < -0.39 is 30.2 Å². The molecule has 1 aromatic carbocycles. The molecular formula is C18H21ClF5NO3. The molecule has 0 radical (unpaired) electrons. The smallest absolute Gasteiger partial charge is 0.420 e. The highest BCUT2D eigenvalue weighted by Crippen LogP contribution is 2.43. The minimum absolute atomic E-state index is 0.0227. The number of hydrogen-bond donors (Lipinski definition) is 0. The van der Waals surface area contributed by atoms with Gasteiger partial charge in [-0.3, -0.25) is 0 Å². The van der Waals surface area contributed by atoms with Gasteiger partial charge in [0.05, 0.1) is 17.3 Å². The van der Waals surface area contributed by atoms with Crippen molar-refractivity contribution < 1.29 is 36.3 Å². The van der Waals surface area contributed by atoms with Crippen molar-refractivity contribution in [2.45, 2.75) is 39.3 Å². The molecule has 1 aromatic rings. The van der Waals surface area contributed by atoms with Gasteiger partial charge < -0.3 is 14.3 Å². The number of halogens is 6. The van der Waals surface area contributed by atoms with Crippen molar-refractivity contribution >= 4 is 17.3 Å². The first kappa shape index (κ1) is 24.0. The Bertz CT molecular complexity index is 685. The van der Waals surface area contributed by atoms with Crippen LogP contribution >= 0.6 is 11.6 Å². The maximum absolute atomic E-state index is 13.3. The number of alkyl halides is 3. The number of oxime groups is 1. The van der Waals surface area contributed by atoms with Gasteiger partial charge in [0.1, 0.15) is 30.3 Å². The maximum Gasteiger partial charge on any atom is 0.420 e. The molecule has 10 heteroatoms. The third kappa shape index (κ3) is 9.25. The molecular weight excluding hydrogens is 409 g/mol. The minimum atomic E-state index is -4.75. The van der Waals surface area contributed by atoms with E-state index in [4.69, 9.17) is 25.9 Å². The summed E-state index contributed by atoms with van der Waals surface area (Å²) in [6.07, 6.45) is -4.48. The molecule has 0 bridgehead atoms. The van der Waals surface area contributed by atoms with Crippen LogP contribution in [-0.2, 0) is 11.0 Å². The monoisotopic (exact) mass is 429 g/mol. The molecule has 0 saturated carbocycles. The fourth-order valence-electron chi connectivity index (χ4n) is 2.00. The van der Waals surface area contributed by atoms with Crippen LogP contribution in [0.1, 0.15) is 38.7 Å². The Labute approximate surface area is 164 Å². The lowest BCUT2D eigenvalue weighted by Crippen LogP contribution is -2.11. The van der Waals surface area contributed by atoms with Crippen LogP contribution in [0.4, 0.5) is 22.0 Å². The summed E-state index contributed by atoms with van der Waals surface area (Å²) in [5, 5.41) is 3.45. The van der Waals surface area contributed by atoms with Crippen LogP contribution in [0.15, 0.2) is 29.4 Å². The highest BCUT2D eigenvalue weighted by atomic mass is 35.5. The van der Waals surface area contributed by atoms with Gasteiger partial charge in [0.25, 0.3) is 6.08 Å². The molecule has 0 aliphatic rings. The summed E-state index contributed by atoms with van der Waals surface area (Å²) in [7, 11) is 0. The molecule has 0 aliphatic carbocycles. The molecule has 0 aliphatic heterocycles. The van der Waals surface area contributed by atoms with Gasteiger partial charge in [-0.2, -0.15) is 22.0 Å². The predicted octanol–water partition coefficient (Wildman–Crippen LogP) is 6.48. The predicted molar refractivity (Wildman–Crippen MR) is 96.3 cm³/mol. The Morgan fingerprint density at radius 2 is 1.75 bits per heavy atom. The largest absolute Gasteiger partial charge is 0.491 e. The molecule has 4 nitrogen and oxygen atoms in total. The van der Waals surface area contributed by atoms with Crippen LogP contribution in [-0.4, -0.2) is 25.5 Å². The molecule has 0 saturated heterocycles. The highest BCUT2D eigenvalue weighted by molar-refractivity contribution is 6.32. The van der Waals surface area contributed by atoms with E-state index in [1.807, 2.05) is 0 Å². The van der Waals surface area contributed by atoms with Crippen LogP contribution in [0.5, 0.6) is 11.5 Å². The van der Waals surface area contributed by atoms with Gasteiger partial charge in [-0.15, -0.1) is 0 Å². The molecule has 1 rings (SSSR count). The summed E-state index contributed by atoms with van der Waals surface area (Å²) in [5.41, 5.74) is -0.341. The van der Waals surface area contributed by atoms with Crippen molar-refractivity contribution in [2.24, 2.45) is 5.16 Å². The van der Waals surface area contributed by atoms with Crippen LogP contribution < -0.4 is 9.47 Å². The second-order valence-electron chi connectivity index (χ2n) is 5.87. The van der Waals surface area contributed by atoms with Gasteiger partial charge in [-0.05, 0) is 39.2 Å². The van der Waals surface area contributed by atoms with Gasteiger partial charge in [0.15, 0.2) is 0 Å². The van der Waals surface area contributed by atoms with Crippen molar-refractivity contribution in [1.82, 2.24) is 0 Å². The second-order valence-corrected chi connectivity index (χ2v) is 6.27. The fourth-order valence-corrected chi connectivity index (χ4v) is 2.27. The SMILES string of the molecule is CC(C)=NOCCCCCOc1c(Cl)cc(OCC=C(F)F)cc1C(F)(F)F. The number of hydrogen-bond acceptors (Lipinski definition) is 4. The molecule has 0 spiro atoms. The Morgan fingerprint density at radius 3 is 2.36 bits per heavy atom. The molecule has 0 N–H and O–H groups in total.